The van der Waals surface area contributed by atoms with Gasteiger partial charge in [-0.3, -0.25) is 4.98 Å². The van der Waals surface area contributed by atoms with Crippen molar-refractivity contribution in [1.82, 2.24) is 4.98 Å². The monoisotopic (exact) mass is 229 g/mol. The van der Waals surface area contributed by atoms with Gasteiger partial charge < -0.3 is 5.11 Å². The molecule has 0 amide bonds. The quantitative estimate of drug-likeness (QED) is 0.874. The summed E-state index contributed by atoms with van der Waals surface area (Å²) in [6.07, 6.45) is 2.53. The molecule has 0 aliphatic rings. The van der Waals surface area contributed by atoms with Crippen LogP contribution >= 0.6 is 0 Å². The average molecular weight is 229 g/mol. The van der Waals surface area contributed by atoms with Gasteiger partial charge >= 0.3 is 0 Å². The maximum Gasteiger partial charge on any atom is 0.0886 e. The number of benzene rings is 1. The average Bonchev–Trinajstić information content (AvgIpc) is 2.26. The first-order valence-corrected chi connectivity index (χ1v) is 6.07. The number of pyridine rings is 1. The van der Waals surface area contributed by atoms with Gasteiger partial charge in [-0.15, -0.1) is 0 Å². The second kappa shape index (κ2) is 4.46. The summed E-state index contributed by atoms with van der Waals surface area (Å²) in [6.45, 7) is 6.09. The molecule has 1 atom stereocenters. The fraction of sp³-hybridized carbons (Fsp3) is 0.400. The number of hydrogen-bond donors (Lipinski definition) is 1. The Labute approximate surface area is 102 Å². The lowest BCUT2D eigenvalue weighted by Crippen LogP contribution is -2.23. The lowest BCUT2D eigenvalue weighted by Gasteiger charge is -2.25. The van der Waals surface area contributed by atoms with Crippen molar-refractivity contribution < 1.29 is 5.11 Å². The van der Waals surface area contributed by atoms with Crippen LogP contribution < -0.4 is 0 Å². The van der Waals surface area contributed by atoms with Crippen molar-refractivity contribution in [3.8, 4) is 0 Å². The molecular formula is C15H19NO. The van der Waals surface area contributed by atoms with E-state index in [0.717, 1.165) is 22.9 Å². The van der Waals surface area contributed by atoms with Gasteiger partial charge in [-0.05, 0) is 31.4 Å². The van der Waals surface area contributed by atoms with E-state index in [-0.39, 0.29) is 0 Å². The molecule has 2 rings (SSSR count). The number of aromatic nitrogens is 1. The van der Waals surface area contributed by atoms with Gasteiger partial charge in [0.15, 0.2) is 0 Å². The molecule has 2 nitrogen and oxygen atoms in total. The van der Waals surface area contributed by atoms with E-state index in [1.807, 2.05) is 37.3 Å². The van der Waals surface area contributed by atoms with E-state index >= 15 is 0 Å². The normalized spacial score (nSPS) is 15.1. The highest BCUT2D eigenvalue weighted by atomic mass is 16.3. The lowest BCUT2D eigenvalue weighted by molar-refractivity contribution is 0.0347. The van der Waals surface area contributed by atoms with E-state index in [9.17, 15) is 5.11 Å². The number of para-hydroxylation sites is 1. The molecule has 0 saturated carbocycles. The number of nitrogens with zero attached hydrogens (tertiary/aromatic N) is 1. The van der Waals surface area contributed by atoms with Crippen LogP contribution in [0.3, 0.4) is 0 Å². The number of hydrogen-bond acceptors (Lipinski definition) is 2. The highest BCUT2D eigenvalue weighted by Gasteiger charge is 2.24. The summed E-state index contributed by atoms with van der Waals surface area (Å²) in [5.74, 6) is 0.455. The molecule has 1 N–H and O–H groups in total. The highest BCUT2D eigenvalue weighted by molar-refractivity contribution is 5.78. The molecule has 1 aromatic heterocycles. The molecule has 2 heteroatoms. The van der Waals surface area contributed by atoms with Gasteiger partial charge in [-0.1, -0.05) is 32.0 Å². The molecule has 0 aliphatic carbocycles. The molecule has 1 unspecified atom stereocenters. The van der Waals surface area contributed by atoms with E-state index in [1.165, 1.54) is 0 Å². The Morgan fingerprint density at radius 1 is 1.29 bits per heavy atom. The van der Waals surface area contributed by atoms with Crippen LogP contribution in [0.2, 0.25) is 0 Å². The van der Waals surface area contributed by atoms with E-state index in [1.54, 1.807) is 6.20 Å². The molecule has 2 aromatic rings. The van der Waals surface area contributed by atoms with Crippen molar-refractivity contribution in [2.24, 2.45) is 5.92 Å². The van der Waals surface area contributed by atoms with Gasteiger partial charge in [0.2, 0.25) is 0 Å². The smallest absolute Gasteiger partial charge is 0.0886 e. The summed E-state index contributed by atoms with van der Waals surface area (Å²) in [5.41, 5.74) is 1.06. The largest absolute Gasteiger partial charge is 0.385 e. The predicted molar refractivity (Wildman–Crippen MR) is 70.8 cm³/mol. The lowest BCUT2D eigenvalue weighted by atomic mass is 9.88. The molecule has 0 fully saturated rings. The van der Waals surface area contributed by atoms with Crippen molar-refractivity contribution in [2.75, 3.05) is 0 Å². The van der Waals surface area contributed by atoms with Crippen LogP contribution in [0, 0.1) is 5.92 Å². The van der Waals surface area contributed by atoms with E-state index in [2.05, 4.69) is 18.8 Å². The third kappa shape index (κ3) is 2.64. The first kappa shape index (κ1) is 12.1. The zero-order valence-electron chi connectivity index (χ0n) is 10.6. The van der Waals surface area contributed by atoms with Gasteiger partial charge in [-0.25, -0.2) is 0 Å². The van der Waals surface area contributed by atoms with E-state index < -0.39 is 5.60 Å². The van der Waals surface area contributed by atoms with E-state index in [0.29, 0.717) is 5.92 Å². The van der Waals surface area contributed by atoms with Crippen molar-refractivity contribution in [2.45, 2.75) is 32.8 Å². The van der Waals surface area contributed by atoms with Crippen LogP contribution in [-0.2, 0) is 5.60 Å². The highest BCUT2D eigenvalue weighted by Crippen LogP contribution is 2.29. The Balaban J connectivity index is 2.42. The van der Waals surface area contributed by atoms with Crippen molar-refractivity contribution in [3.05, 3.63) is 42.1 Å². The number of fused-ring (bicyclic) bond motifs is 1. The van der Waals surface area contributed by atoms with Crippen LogP contribution in [-0.4, -0.2) is 10.1 Å². The number of rotatable bonds is 3. The van der Waals surface area contributed by atoms with Gasteiger partial charge in [-0.2, -0.15) is 0 Å². The molecule has 0 saturated heterocycles. The van der Waals surface area contributed by atoms with Gasteiger partial charge in [0.05, 0.1) is 11.1 Å². The maximum absolute atomic E-state index is 10.5. The zero-order chi connectivity index (χ0) is 12.5. The third-order valence-corrected chi connectivity index (χ3v) is 3.02. The fourth-order valence-corrected chi connectivity index (χ4v) is 2.28. The standard InChI is InChI=1S/C15H19NO/c1-11(2)9-15(3,17)13-8-12-6-4-5-7-14(12)16-10-13/h4-8,10-11,17H,9H2,1-3H3. The Bertz CT molecular complexity index is 517. The summed E-state index contributed by atoms with van der Waals surface area (Å²) in [7, 11) is 0. The minimum absolute atomic E-state index is 0.455. The van der Waals surface area contributed by atoms with Crippen LogP contribution in [0.25, 0.3) is 10.9 Å². The van der Waals surface area contributed by atoms with E-state index in [4.69, 9.17) is 0 Å². The summed E-state index contributed by atoms with van der Waals surface area (Å²) in [4.78, 5) is 4.39. The molecule has 0 aliphatic heterocycles. The summed E-state index contributed by atoms with van der Waals surface area (Å²) in [5, 5.41) is 11.6. The summed E-state index contributed by atoms with van der Waals surface area (Å²) in [6, 6.07) is 10.0. The van der Waals surface area contributed by atoms with Crippen molar-refractivity contribution >= 4 is 10.9 Å². The molecule has 0 spiro atoms. The molecule has 1 aromatic carbocycles. The first-order valence-electron chi connectivity index (χ1n) is 6.07. The number of aliphatic hydroxyl groups is 1. The van der Waals surface area contributed by atoms with Crippen LogP contribution in [0.15, 0.2) is 36.5 Å². The second-order valence-electron chi connectivity index (χ2n) is 5.29. The second-order valence-corrected chi connectivity index (χ2v) is 5.29. The molecule has 17 heavy (non-hydrogen) atoms. The zero-order valence-corrected chi connectivity index (χ0v) is 10.6. The fourth-order valence-electron chi connectivity index (χ4n) is 2.28. The van der Waals surface area contributed by atoms with Crippen molar-refractivity contribution in [1.29, 1.82) is 0 Å². The van der Waals surface area contributed by atoms with Crippen molar-refractivity contribution in [3.63, 3.8) is 0 Å². The van der Waals surface area contributed by atoms with Gasteiger partial charge in [0, 0.05) is 17.1 Å². The minimum atomic E-state index is -0.800. The SMILES string of the molecule is CC(C)CC(C)(O)c1cnc2ccccc2c1. The summed E-state index contributed by atoms with van der Waals surface area (Å²) >= 11 is 0. The van der Waals surface area contributed by atoms with Gasteiger partial charge in [0.25, 0.3) is 0 Å². The first-order chi connectivity index (χ1) is 7.99. The topological polar surface area (TPSA) is 33.1 Å². The minimum Gasteiger partial charge on any atom is -0.385 e. The summed E-state index contributed by atoms with van der Waals surface area (Å²) < 4.78 is 0. The molecule has 90 valence electrons. The van der Waals surface area contributed by atoms with Crippen LogP contribution in [0.1, 0.15) is 32.8 Å². The van der Waals surface area contributed by atoms with Crippen LogP contribution in [0.5, 0.6) is 0 Å². The Morgan fingerprint density at radius 3 is 2.71 bits per heavy atom. The molecule has 0 bridgehead atoms. The van der Waals surface area contributed by atoms with Gasteiger partial charge in [0.1, 0.15) is 0 Å². The van der Waals surface area contributed by atoms with Crippen LogP contribution in [0.4, 0.5) is 0 Å². The predicted octanol–water partition coefficient (Wildman–Crippen LogP) is 3.49. The third-order valence-electron chi connectivity index (χ3n) is 3.02. The molecule has 1 heterocycles. The molecular weight excluding hydrogens is 210 g/mol. The Kier molecular flexibility index (Phi) is 3.16. The Morgan fingerprint density at radius 2 is 2.00 bits per heavy atom. The maximum atomic E-state index is 10.5. The Hall–Kier alpha value is -1.41. The molecule has 0 radical (unpaired) electrons.